The van der Waals surface area contributed by atoms with E-state index in [0.717, 1.165) is 5.56 Å². The van der Waals surface area contributed by atoms with E-state index in [2.05, 4.69) is 5.32 Å². The Balaban J connectivity index is 2.04. The molecule has 1 N–H and O–H groups in total. The Hall–Kier alpha value is -3.13. The van der Waals surface area contributed by atoms with Crippen LogP contribution in [0.25, 0.3) is 10.9 Å². The Labute approximate surface area is 194 Å². The molecule has 7 nitrogen and oxygen atoms in total. The molecule has 0 saturated carbocycles. The lowest BCUT2D eigenvalue weighted by Crippen LogP contribution is -2.41. The van der Waals surface area contributed by atoms with E-state index < -0.39 is 27.8 Å². The van der Waals surface area contributed by atoms with Gasteiger partial charge in [0.1, 0.15) is 11.9 Å². The summed E-state index contributed by atoms with van der Waals surface area (Å²) in [6, 6.07) is 9.93. The molecule has 0 bridgehead atoms. The SMILES string of the molecule is Cc1cc(C)c(S(=O)(=O)n2cc(CC(C=O)NC(=O)OC(C)(C)C)c3ccccc32)c(C)c1. The number of fused-ring (bicyclic) bond motifs is 1. The lowest BCUT2D eigenvalue weighted by atomic mass is 10.1. The highest BCUT2D eigenvalue weighted by molar-refractivity contribution is 7.90. The second kappa shape index (κ2) is 9.02. The van der Waals surface area contributed by atoms with Gasteiger partial charge in [-0.3, -0.25) is 0 Å². The Morgan fingerprint density at radius 1 is 1.12 bits per heavy atom. The Bertz CT molecular complexity index is 1290. The maximum absolute atomic E-state index is 13.7. The lowest BCUT2D eigenvalue weighted by molar-refractivity contribution is -0.109. The number of aromatic nitrogens is 1. The van der Waals surface area contributed by atoms with Crippen molar-refractivity contribution in [3.05, 3.63) is 64.8 Å². The van der Waals surface area contributed by atoms with E-state index in [4.69, 9.17) is 4.74 Å². The number of carbonyl (C=O) groups is 2. The van der Waals surface area contributed by atoms with Crippen molar-refractivity contribution in [3.63, 3.8) is 0 Å². The minimum atomic E-state index is -3.90. The van der Waals surface area contributed by atoms with E-state index in [1.54, 1.807) is 52.8 Å². The molecule has 0 aliphatic carbocycles. The van der Waals surface area contributed by atoms with Gasteiger partial charge in [0, 0.05) is 18.0 Å². The third kappa shape index (κ3) is 5.27. The van der Waals surface area contributed by atoms with Crippen molar-refractivity contribution in [2.24, 2.45) is 0 Å². The maximum Gasteiger partial charge on any atom is 0.408 e. The summed E-state index contributed by atoms with van der Waals surface area (Å²) in [6.07, 6.45) is 1.57. The molecular weight excluding hydrogens is 440 g/mol. The Morgan fingerprint density at radius 3 is 2.30 bits per heavy atom. The van der Waals surface area contributed by atoms with Crippen molar-refractivity contribution in [1.82, 2.24) is 9.29 Å². The van der Waals surface area contributed by atoms with Crippen LogP contribution in [0.4, 0.5) is 4.79 Å². The third-order valence-corrected chi connectivity index (χ3v) is 7.17. The normalized spacial score (nSPS) is 13.0. The first-order chi connectivity index (χ1) is 15.3. The van der Waals surface area contributed by atoms with E-state index in [1.165, 1.54) is 10.2 Å². The summed E-state index contributed by atoms with van der Waals surface area (Å²) in [5.74, 6) is 0. The molecule has 3 rings (SSSR count). The number of nitrogens with zero attached hydrogens (tertiary/aromatic N) is 1. The van der Waals surface area contributed by atoms with Gasteiger partial charge in [-0.05, 0) is 64.3 Å². The maximum atomic E-state index is 13.7. The molecule has 1 heterocycles. The van der Waals surface area contributed by atoms with Crippen LogP contribution in [0, 0.1) is 20.8 Å². The van der Waals surface area contributed by atoms with Crippen LogP contribution >= 0.6 is 0 Å². The fourth-order valence-electron chi connectivity index (χ4n) is 4.08. The van der Waals surface area contributed by atoms with Gasteiger partial charge in [-0.2, -0.15) is 0 Å². The highest BCUT2D eigenvalue weighted by Gasteiger charge is 2.26. The number of aldehydes is 1. The Morgan fingerprint density at radius 2 is 1.73 bits per heavy atom. The zero-order chi connectivity index (χ0) is 24.6. The molecule has 0 spiro atoms. The molecule has 176 valence electrons. The fraction of sp³-hybridized carbons (Fsp3) is 0.360. The van der Waals surface area contributed by atoms with Crippen molar-refractivity contribution in [2.75, 3.05) is 0 Å². The average Bonchev–Trinajstić information content (AvgIpc) is 3.04. The van der Waals surface area contributed by atoms with Crippen LogP contribution in [0.5, 0.6) is 0 Å². The molecule has 0 aliphatic heterocycles. The van der Waals surface area contributed by atoms with E-state index >= 15 is 0 Å². The summed E-state index contributed by atoms with van der Waals surface area (Å²) < 4.78 is 33.9. The molecule has 2 aromatic carbocycles. The molecule has 1 aromatic heterocycles. The summed E-state index contributed by atoms with van der Waals surface area (Å²) in [4.78, 5) is 24.1. The van der Waals surface area contributed by atoms with Crippen molar-refractivity contribution in [1.29, 1.82) is 0 Å². The van der Waals surface area contributed by atoms with Crippen molar-refractivity contribution in [2.45, 2.75) is 64.5 Å². The van der Waals surface area contributed by atoms with E-state index in [1.807, 2.05) is 25.1 Å². The van der Waals surface area contributed by atoms with Crippen LogP contribution < -0.4 is 5.32 Å². The quantitative estimate of drug-likeness (QED) is 0.538. The lowest BCUT2D eigenvalue weighted by Gasteiger charge is -2.21. The van der Waals surface area contributed by atoms with E-state index in [0.29, 0.717) is 33.9 Å². The largest absolute Gasteiger partial charge is 0.444 e. The topological polar surface area (TPSA) is 94.5 Å². The van der Waals surface area contributed by atoms with Crippen molar-refractivity contribution >= 4 is 33.3 Å². The van der Waals surface area contributed by atoms with Crippen LogP contribution in [0.1, 0.15) is 43.0 Å². The number of nitrogens with one attached hydrogen (secondary N) is 1. The predicted molar refractivity (Wildman–Crippen MR) is 128 cm³/mol. The highest BCUT2D eigenvalue weighted by Crippen LogP contribution is 2.30. The zero-order valence-electron chi connectivity index (χ0n) is 19.8. The van der Waals surface area contributed by atoms with Gasteiger partial charge >= 0.3 is 6.09 Å². The third-order valence-electron chi connectivity index (χ3n) is 5.19. The Kier molecular flexibility index (Phi) is 6.70. The number of rotatable bonds is 6. The standard InChI is InChI=1S/C25H30N2O5S/c1-16-11-17(2)23(18(3)12-16)33(30,31)27-14-19(21-9-7-8-10-22(21)27)13-20(15-28)26-24(29)32-25(4,5)6/h7-12,14-15,20H,13H2,1-6H3,(H,26,29). The van der Waals surface area contributed by atoms with Gasteiger partial charge in [0.05, 0.1) is 16.5 Å². The van der Waals surface area contributed by atoms with Crippen molar-refractivity contribution < 1.29 is 22.7 Å². The number of benzene rings is 2. The van der Waals surface area contributed by atoms with Gasteiger partial charge in [-0.25, -0.2) is 17.2 Å². The summed E-state index contributed by atoms with van der Waals surface area (Å²) in [7, 11) is -3.90. The first-order valence-electron chi connectivity index (χ1n) is 10.7. The minimum absolute atomic E-state index is 0.123. The fourth-order valence-corrected chi connectivity index (χ4v) is 5.89. The first kappa shape index (κ1) is 24.5. The number of hydrogen-bond donors (Lipinski definition) is 1. The predicted octanol–water partition coefficient (Wildman–Crippen LogP) is 4.44. The molecule has 3 aromatic rings. The smallest absolute Gasteiger partial charge is 0.408 e. The number of aryl methyl sites for hydroxylation is 3. The molecular formula is C25H30N2O5S. The molecule has 0 radical (unpaired) electrons. The van der Waals surface area contributed by atoms with Gasteiger partial charge in [-0.1, -0.05) is 35.9 Å². The number of carbonyl (C=O) groups excluding carboxylic acids is 2. The van der Waals surface area contributed by atoms with Crippen LogP contribution in [0.2, 0.25) is 0 Å². The second-order valence-electron chi connectivity index (χ2n) is 9.29. The molecule has 33 heavy (non-hydrogen) atoms. The minimum Gasteiger partial charge on any atom is -0.444 e. The summed E-state index contributed by atoms with van der Waals surface area (Å²) in [5.41, 5.74) is 2.77. The van der Waals surface area contributed by atoms with Gasteiger partial charge in [0.15, 0.2) is 0 Å². The summed E-state index contributed by atoms with van der Waals surface area (Å²) >= 11 is 0. The van der Waals surface area contributed by atoms with E-state index in [9.17, 15) is 18.0 Å². The molecule has 1 amide bonds. The molecule has 0 saturated heterocycles. The molecule has 8 heteroatoms. The summed E-state index contributed by atoms with van der Waals surface area (Å²) in [6.45, 7) is 10.7. The van der Waals surface area contributed by atoms with Crippen LogP contribution in [-0.2, 0) is 26.0 Å². The van der Waals surface area contributed by atoms with Gasteiger partial charge < -0.3 is 14.8 Å². The van der Waals surface area contributed by atoms with Crippen molar-refractivity contribution in [3.8, 4) is 0 Å². The van der Waals surface area contributed by atoms with E-state index in [-0.39, 0.29) is 11.3 Å². The molecule has 0 fully saturated rings. The summed E-state index contributed by atoms with van der Waals surface area (Å²) in [5, 5.41) is 3.25. The zero-order valence-corrected chi connectivity index (χ0v) is 20.6. The monoisotopic (exact) mass is 470 g/mol. The van der Waals surface area contributed by atoms with Crippen LogP contribution in [-0.4, -0.2) is 36.4 Å². The number of para-hydroxylation sites is 1. The second-order valence-corrected chi connectivity index (χ2v) is 11.0. The molecule has 0 aliphatic rings. The average molecular weight is 471 g/mol. The van der Waals surface area contributed by atoms with Gasteiger partial charge in [0.25, 0.3) is 10.0 Å². The number of alkyl carbamates (subject to hydrolysis) is 1. The number of amides is 1. The van der Waals surface area contributed by atoms with Gasteiger partial charge in [0.2, 0.25) is 0 Å². The molecule has 1 unspecified atom stereocenters. The van der Waals surface area contributed by atoms with Crippen LogP contribution in [0.3, 0.4) is 0 Å². The molecule has 1 atom stereocenters. The van der Waals surface area contributed by atoms with Gasteiger partial charge in [-0.15, -0.1) is 0 Å². The highest BCUT2D eigenvalue weighted by atomic mass is 32.2. The number of hydrogen-bond acceptors (Lipinski definition) is 5. The van der Waals surface area contributed by atoms with Crippen LogP contribution in [0.15, 0.2) is 47.5 Å². The number of ether oxygens (including phenoxy) is 1. The first-order valence-corrected chi connectivity index (χ1v) is 12.1.